The highest BCUT2D eigenvalue weighted by Crippen LogP contribution is 2.31. The van der Waals surface area contributed by atoms with Gasteiger partial charge in [-0.05, 0) is 62.1 Å². The van der Waals surface area contributed by atoms with Gasteiger partial charge < -0.3 is 15.0 Å². The smallest absolute Gasteiger partial charge is 0.119 e. The van der Waals surface area contributed by atoms with Crippen molar-refractivity contribution in [1.82, 2.24) is 0 Å². The molecule has 0 spiro atoms. The molecule has 0 radical (unpaired) electrons. The van der Waals surface area contributed by atoms with E-state index < -0.39 is 0 Å². The summed E-state index contributed by atoms with van der Waals surface area (Å²) in [7, 11) is 0. The van der Waals surface area contributed by atoms with Crippen LogP contribution in [0.4, 0.5) is 11.4 Å². The third-order valence-corrected chi connectivity index (χ3v) is 4.65. The molecule has 0 atom stereocenters. The van der Waals surface area contributed by atoms with Gasteiger partial charge in [-0.3, -0.25) is 0 Å². The largest absolute Gasteiger partial charge is 0.494 e. The fourth-order valence-electron chi connectivity index (χ4n) is 3.12. The molecule has 1 fully saturated rings. The van der Waals surface area contributed by atoms with Crippen LogP contribution in [0.1, 0.15) is 31.7 Å². The second-order valence-electron chi connectivity index (χ2n) is 6.15. The third kappa shape index (κ3) is 4.35. The minimum atomic E-state index is 0.685. The predicted molar refractivity (Wildman–Crippen MR) is 102 cm³/mol. The van der Waals surface area contributed by atoms with Crippen molar-refractivity contribution < 1.29 is 4.74 Å². The first-order chi connectivity index (χ1) is 11.8. The summed E-state index contributed by atoms with van der Waals surface area (Å²) in [5.74, 6) is 0.912. The molecule has 0 bridgehead atoms. The molecule has 0 aromatic heterocycles. The maximum Gasteiger partial charge on any atom is 0.119 e. The highest BCUT2D eigenvalue weighted by Gasteiger charge is 2.14. The lowest BCUT2D eigenvalue weighted by molar-refractivity contribution is 0.340. The molecule has 0 amide bonds. The van der Waals surface area contributed by atoms with Crippen LogP contribution in [0.2, 0.25) is 5.02 Å². The van der Waals surface area contributed by atoms with Crippen molar-refractivity contribution in [2.24, 2.45) is 0 Å². The van der Waals surface area contributed by atoms with E-state index in [0.29, 0.717) is 6.61 Å². The van der Waals surface area contributed by atoms with Gasteiger partial charge in [0.25, 0.3) is 0 Å². The van der Waals surface area contributed by atoms with Crippen LogP contribution in [0.25, 0.3) is 0 Å². The number of rotatable bonds is 6. The summed E-state index contributed by atoms with van der Waals surface area (Å²) in [4.78, 5) is 2.39. The zero-order valence-electron chi connectivity index (χ0n) is 14.2. The highest BCUT2D eigenvalue weighted by molar-refractivity contribution is 6.33. The number of hydrogen-bond donors (Lipinski definition) is 1. The van der Waals surface area contributed by atoms with Gasteiger partial charge in [0.1, 0.15) is 5.75 Å². The monoisotopic (exact) mass is 344 g/mol. The van der Waals surface area contributed by atoms with Crippen LogP contribution in [0.15, 0.2) is 42.5 Å². The summed E-state index contributed by atoms with van der Waals surface area (Å²) in [6.07, 6.45) is 3.84. The number of anilines is 2. The molecule has 24 heavy (non-hydrogen) atoms. The van der Waals surface area contributed by atoms with Crippen molar-refractivity contribution in [3.05, 3.63) is 53.1 Å². The van der Waals surface area contributed by atoms with Gasteiger partial charge in [-0.2, -0.15) is 0 Å². The fraction of sp³-hybridized carbons (Fsp3) is 0.400. The topological polar surface area (TPSA) is 24.5 Å². The minimum absolute atomic E-state index is 0.685. The summed E-state index contributed by atoms with van der Waals surface area (Å²) >= 11 is 6.51. The zero-order valence-corrected chi connectivity index (χ0v) is 15.0. The number of halogens is 1. The fourth-order valence-corrected chi connectivity index (χ4v) is 3.42. The number of nitrogens with one attached hydrogen (secondary N) is 1. The van der Waals surface area contributed by atoms with Crippen LogP contribution in [0.5, 0.6) is 5.75 Å². The van der Waals surface area contributed by atoms with Crippen molar-refractivity contribution in [2.75, 3.05) is 29.9 Å². The van der Waals surface area contributed by atoms with Gasteiger partial charge in [-0.25, -0.2) is 0 Å². The molecule has 0 unspecified atom stereocenters. The Balaban J connectivity index is 1.63. The van der Waals surface area contributed by atoms with Crippen molar-refractivity contribution in [1.29, 1.82) is 0 Å². The zero-order chi connectivity index (χ0) is 16.8. The molecule has 0 saturated carbocycles. The second-order valence-corrected chi connectivity index (χ2v) is 6.56. The van der Waals surface area contributed by atoms with Crippen molar-refractivity contribution in [3.8, 4) is 5.75 Å². The Morgan fingerprint density at radius 2 is 1.92 bits per heavy atom. The summed E-state index contributed by atoms with van der Waals surface area (Å²) < 4.78 is 5.55. The normalized spacial score (nSPS) is 14.5. The molecule has 0 aliphatic carbocycles. The molecular weight excluding hydrogens is 320 g/mol. The number of hydrogen-bond acceptors (Lipinski definition) is 3. The summed E-state index contributed by atoms with van der Waals surface area (Å²) in [5, 5.41) is 4.27. The van der Waals surface area contributed by atoms with Crippen molar-refractivity contribution >= 4 is 23.0 Å². The molecule has 2 aromatic carbocycles. The van der Waals surface area contributed by atoms with E-state index in [1.807, 2.05) is 25.1 Å². The third-order valence-electron chi connectivity index (χ3n) is 4.35. The number of nitrogens with zero attached hydrogens (tertiary/aromatic N) is 1. The molecule has 4 heteroatoms. The van der Waals surface area contributed by atoms with Gasteiger partial charge >= 0.3 is 0 Å². The van der Waals surface area contributed by atoms with Crippen molar-refractivity contribution in [2.45, 2.75) is 32.7 Å². The molecular formula is C20H25ClN2O. The first-order valence-corrected chi connectivity index (χ1v) is 9.14. The molecule has 1 heterocycles. The van der Waals surface area contributed by atoms with Gasteiger partial charge in [0.15, 0.2) is 0 Å². The van der Waals surface area contributed by atoms with Gasteiger partial charge in [-0.15, -0.1) is 0 Å². The number of ether oxygens (including phenoxy) is 1. The number of piperidine rings is 1. The van der Waals surface area contributed by atoms with Gasteiger partial charge in [0, 0.05) is 25.3 Å². The van der Waals surface area contributed by atoms with Crippen LogP contribution >= 0.6 is 11.6 Å². The second kappa shape index (κ2) is 8.29. The van der Waals surface area contributed by atoms with E-state index in [4.69, 9.17) is 16.3 Å². The highest BCUT2D eigenvalue weighted by atomic mass is 35.5. The van der Waals surface area contributed by atoms with Crippen LogP contribution < -0.4 is 15.0 Å². The first-order valence-electron chi connectivity index (χ1n) is 8.76. The van der Waals surface area contributed by atoms with E-state index in [-0.39, 0.29) is 0 Å². The Bertz CT molecular complexity index is 668. The molecule has 1 N–H and O–H groups in total. The van der Waals surface area contributed by atoms with Gasteiger partial charge in [0.2, 0.25) is 0 Å². The van der Waals surface area contributed by atoms with E-state index in [1.165, 1.54) is 24.8 Å². The summed E-state index contributed by atoms with van der Waals surface area (Å²) in [6, 6.07) is 14.4. The minimum Gasteiger partial charge on any atom is -0.494 e. The Morgan fingerprint density at radius 1 is 1.08 bits per heavy atom. The lowest BCUT2D eigenvalue weighted by atomic mass is 10.1. The van der Waals surface area contributed by atoms with Crippen molar-refractivity contribution in [3.63, 3.8) is 0 Å². The van der Waals surface area contributed by atoms with Gasteiger partial charge in [-0.1, -0.05) is 23.7 Å². The lowest BCUT2D eigenvalue weighted by Gasteiger charge is -2.29. The Hall–Kier alpha value is -1.87. The molecule has 2 aromatic rings. The maximum absolute atomic E-state index is 6.51. The average Bonchev–Trinajstić information content (AvgIpc) is 2.61. The van der Waals surface area contributed by atoms with Crippen LogP contribution in [0, 0.1) is 0 Å². The predicted octanol–water partition coefficient (Wildman–Crippen LogP) is 5.34. The van der Waals surface area contributed by atoms with Crippen LogP contribution in [-0.2, 0) is 6.54 Å². The Labute approximate surface area is 149 Å². The average molecular weight is 345 g/mol. The molecule has 1 aliphatic rings. The summed E-state index contributed by atoms with van der Waals surface area (Å²) in [6.45, 7) is 5.65. The molecule has 3 nitrogen and oxygen atoms in total. The first kappa shape index (κ1) is 17.0. The maximum atomic E-state index is 6.51. The van der Waals surface area contributed by atoms with E-state index in [0.717, 1.165) is 41.8 Å². The molecule has 1 saturated heterocycles. The lowest BCUT2D eigenvalue weighted by Crippen LogP contribution is -2.29. The Kier molecular flexibility index (Phi) is 5.86. The van der Waals surface area contributed by atoms with E-state index in [9.17, 15) is 0 Å². The summed E-state index contributed by atoms with van der Waals surface area (Å²) in [5.41, 5.74) is 3.39. The van der Waals surface area contributed by atoms with Gasteiger partial charge in [0.05, 0.1) is 17.3 Å². The molecule has 3 rings (SSSR count). The Morgan fingerprint density at radius 3 is 2.67 bits per heavy atom. The standard InChI is InChI=1S/C20H25ClN2O/c1-2-24-18-8-6-7-16(13-18)15-22-17-9-10-20(19(21)14-17)23-11-4-3-5-12-23/h6-10,13-14,22H,2-5,11-12,15H2,1H3. The molecule has 1 aliphatic heterocycles. The van der Waals surface area contributed by atoms with E-state index in [2.05, 4.69) is 34.5 Å². The SMILES string of the molecule is CCOc1cccc(CNc2ccc(N3CCCCC3)c(Cl)c2)c1. The van der Waals surface area contributed by atoms with Crippen LogP contribution in [-0.4, -0.2) is 19.7 Å². The van der Waals surface area contributed by atoms with E-state index >= 15 is 0 Å². The quantitative estimate of drug-likeness (QED) is 0.765. The number of benzene rings is 2. The van der Waals surface area contributed by atoms with E-state index in [1.54, 1.807) is 0 Å². The molecule has 128 valence electrons. The van der Waals surface area contributed by atoms with Crippen LogP contribution in [0.3, 0.4) is 0 Å².